The number of ether oxygens (including phenoxy) is 1. The predicted molar refractivity (Wildman–Crippen MR) is 126 cm³/mol. The monoisotopic (exact) mass is 448 g/mol. The largest absolute Gasteiger partial charge is 0.472 e. The summed E-state index contributed by atoms with van der Waals surface area (Å²) in [6, 6.07) is 15.7. The smallest absolute Gasteiger partial charge is 0.410 e. The van der Waals surface area contributed by atoms with Crippen molar-refractivity contribution in [2.45, 2.75) is 32.9 Å². The number of amides is 2. The van der Waals surface area contributed by atoms with Crippen LogP contribution in [0.15, 0.2) is 65.5 Å². The van der Waals surface area contributed by atoms with E-state index in [0.717, 1.165) is 16.7 Å². The molecule has 0 unspecified atom stereocenters. The van der Waals surface area contributed by atoms with Crippen LogP contribution in [0.5, 0.6) is 0 Å². The van der Waals surface area contributed by atoms with Crippen LogP contribution >= 0.6 is 0 Å². The van der Waals surface area contributed by atoms with Gasteiger partial charge >= 0.3 is 6.09 Å². The highest BCUT2D eigenvalue weighted by Gasteiger charge is 2.32. The maximum Gasteiger partial charge on any atom is 0.410 e. The lowest BCUT2D eigenvalue weighted by Gasteiger charge is -2.35. The number of carbonyl (C=O) groups is 2. The number of piperazine rings is 1. The highest BCUT2D eigenvalue weighted by atomic mass is 16.6. The summed E-state index contributed by atoms with van der Waals surface area (Å²) in [5, 5.41) is 3.32. The minimum absolute atomic E-state index is 0.0664. The number of furan rings is 1. The van der Waals surface area contributed by atoms with E-state index >= 15 is 0 Å². The lowest BCUT2D eigenvalue weighted by atomic mass is 10.1. The molecule has 0 atom stereocenters. The number of rotatable bonds is 5. The third-order valence-corrected chi connectivity index (χ3v) is 5.15. The van der Waals surface area contributed by atoms with Gasteiger partial charge in [0, 0.05) is 30.8 Å². The van der Waals surface area contributed by atoms with E-state index in [9.17, 15) is 9.59 Å². The highest BCUT2D eigenvalue weighted by molar-refractivity contribution is 5.99. The van der Waals surface area contributed by atoms with E-state index < -0.39 is 11.7 Å². The van der Waals surface area contributed by atoms with E-state index in [4.69, 9.17) is 14.1 Å². The second kappa shape index (κ2) is 9.36. The van der Waals surface area contributed by atoms with Crippen molar-refractivity contribution in [2.75, 3.05) is 29.9 Å². The molecule has 172 valence electrons. The molecule has 1 aliphatic heterocycles. The Bertz CT molecular complexity index is 1110. The van der Waals surface area contributed by atoms with Crippen LogP contribution < -0.4 is 10.2 Å². The Balaban J connectivity index is 1.56. The second-order valence-corrected chi connectivity index (χ2v) is 8.87. The van der Waals surface area contributed by atoms with Gasteiger partial charge in [-0.1, -0.05) is 30.3 Å². The van der Waals surface area contributed by atoms with Gasteiger partial charge in [0.2, 0.25) is 5.91 Å². The number of pyridine rings is 1. The fourth-order valence-electron chi connectivity index (χ4n) is 3.56. The molecule has 8 nitrogen and oxygen atoms in total. The standard InChI is InChI=1S/C25H28N4O4/c1-25(2,3)33-24(31)28-12-13-29(22(30)16-28)23-20(19-11-14-32-17-19)9-10-21(27-23)26-15-18-7-5-4-6-8-18/h4-11,14,17H,12-13,15-16H2,1-3H3,(H,26,27). The number of anilines is 2. The zero-order valence-electron chi connectivity index (χ0n) is 19.1. The first-order valence-electron chi connectivity index (χ1n) is 10.9. The van der Waals surface area contributed by atoms with Crippen molar-refractivity contribution in [3.8, 4) is 11.1 Å². The Labute approximate surface area is 193 Å². The summed E-state index contributed by atoms with van der Waals surface area (Å²) >= 11 is 0. The molecule has 4 rings (SSSR count). The summed E-state index contributed by atoms with van der Waals surface area (Å²) in [6.07, 6.45) is 2.72. The summed E-state index contributed by atoms with van der Waals surface area (Å²) in [7, 11) is 0. The zero-order valence-corrected chi connectivity index (χ0v) is 19.1. The highest BCUT2D eigenvalue weighted by Crippen LogP contribution is 2.32. The molecule has 33 heavy (non-hydrogen) atoms. The van der Waals surface area contributed by atoms with Crippen molar-refractivity contribution >= 4 is 23.6 Å². The number of carbonyl (C=O) groups excluding carboxylic acids is 2. The molecular weight excluding hydrogens is 420 g/mol. The molecule has 0 bridgehead atoms. The number of benzene rings is 1. The Hall–Kier alpha value is -3.81. The number of nitrogens with one attached hydrogen (secondary N) is 1. The van der Waals surface area contributed by atoms with Crippen LogP contribution in [0.3, 0.4) is 0 Å². The van der Waals surface area contributed by atoms with Crippen LogP contribution in [0.4, 0.5) is 16.4 Å². The number of hydrogen-bond acceptors (Lipinski definition) is 6. The molecule has 2 aromatic heterocycles. The molecule has 1 aromatic carbocycles. The van der Waals surface area contributed by atoms with Crippen molar-refractivity contribution in [3.05, 3.63) is 66.6 Å². The predicted octanol–water partition coefficient (Wildman–Crippen LogP) is 4.54. The minimum atomic E-state index is -0.619. The molecule has 0 saturated carbocycles. The quantitative estimate of drug-likeness (QED) is 0.617. The molecule has 1 aliphatic rings. The van der Waals surface area contributed by atoms with Crippen LogP contribution in [0.2, 0.25) is 0 Å². The van der Waals surface area contributed by atoms with E-state index in [1.165, 1.54) is 4.90 Å². The summed E-state index contributed by atoms with van der Waals surface area (Å²) in [6.45, 7) is 6.63. The molecule has 0 spiro atoms. The van der Waals surface area contributed by atoms with E-state index in [2.05, 4.69) is 5.32 Å². The molecule has 1 saturated heterocycles. The van der Waals surface area contributed by atoms with Crippen molar-refractivity contribution in [1.82, 2.24) is 9.88 Å². The van der Waals surface area contributed by atoms with Crippen LogP contribution in [0.1, 0.15) is 26.3 Å². The van der Waals surface area contributed by atoms with Crippen molar-refractivity contribution in [3.63, 3.8) is 0 Å². The number of aromatic nitrogens is 1. The van der Waals surface area contributed by atoms with Gasteiger partial charge in [0.15, 0.2) is 0 Å². The van der Waals surface area contributed by atoms with Gasteiger partial charge in [-0.05, 0) is 44.5 Å². The molecular formula is C25H28N4O4. The maximum atomic E-state index is 13.1. The van der Waals surface area contributed by atoms with E-state index in [-0.39, 0.29) is 12.5 Å². The van der Waals surface area contributed by atoms with Gasteiger partial charge in [0.05, 0.1) is 12.5 Å². The fourth-order valence-corrected chi connectivity index (χ4v) is 3.56. The van der Waals surface area contributed by atoms with E-state index in [1.807, 2.05) is 48.5 Å². The lowest BCUT2D eigenvalue weighted by molar-refractivity contribution is -0.121. The molecule has 0 radical (unpaired) electrons. The summed E-state index contributed by atoms with van der Waals surface area (Å²) in [5.74, 6) is 0.969. The molecule has 3 aromatic rings. The Morgan fingerprint density at radius 3 is 2.58 bits per heavy atom. The second-order valence-electron chi connectivity index (χ2n) is 8.87. The number of nitrogens with zero attached hydrogens (tertiary/aromatic N) is 3. The maximum absolute atomic E-state index is 13.1. The van der Waals surface area contributed by atoms with Gasteiger partial charge in [-0.15, -0.1) is 0 Å². The number of hydrogen-bond donors (Lipinski definition) is 1. The minimum Gasteiger partial charge on any atom is -0.472 e. The third-order valence-electron chi connectivity index (χ3n) is 5.15. The first-order chi connectivity index (χ1) is 15.8. The van der Waals surface area contributed by atoms with Crippen molar-refractivity contribution in [1.29, 1.82) is 0 Å². The van der Waals surface area contributed by atoms with Crippen LogP contribution in [-0.2, 0) is 16.1 Å². The zero-order chi connectivity index (χ0) is 23.4. The van der Waals surface area contributed by atoms with Crippen molar-refractivity contribution < 1.29 is 18.7 Å². The molecule has 1 N–H and O–H groups in total. The Kier molecular flexibility index (Phi) is 6.35. The van der Waals surface area contributed by atoms with E-state index in [0.29, 0.717) is 31.3 Å². The van der Waals surface area contributed by atoms with Gasteiger partial charge in [-0.3, -0.25) is 14.6 Å². The average molecular weight is 449 g/mol. The summed E-state index contributed by atoms with van der Waals surface area (Å²) in [4.78, 5) is 33.3. The van der Waals surface area contributed by atoms with Gasteiger partial charge in [0.25, 0.3) is 0 Å². The van der Waals surface area contributed by atoms with Crippen molar-refractivity contribution in [2.24, 2.45) is 0 Å². The SMILES string of the molecule is CC(C)(C)OC(=O)N1CCN(c2nc(NCc3ccccc3)ccc2-c2ccoc2)C(=O)C1. The normalized spacial score (nSPS) is 14.3. The Morgan fingerprint density at radius 1 is 1.12 bits per heavy atom. The van der Waals surface area contributed by atoms with Crippen LogP contribution in [-0.4, -0.2) is 47.1 Å². The third kappa shape index (κ3) is 5.52. The molecule has 1 fully saturated rings. The van der Waals surface area contributed by atoms with Crippen LogP contribution in [0, 0.1) is 0 Å². The first-order valence-corrected chi connectivity index (χ1v) is 10.9. The lowest BCUT2D eigenvalue weighted by Crippen LogP contribution is -2.53. The molecule has 2 amide bonds. The topological polar surface area (TPSA) is 87.9 Å². The van der Waals surface area contributed by atoms with Gasteiger partial charge in [-0.2, -0.15) is 0 Å². The Morgan fingerprint density at radius 2 is 1.91 bits per heavy atom. The van der Waals surface area contributed by atoms with E-state index in [1.54, 1.807) is 38.2 Å². The first kappa shape index (κ1) is 22.4. The van der Waals surface area contributed by atoms with Crippen LogP contribution in [0.25, 0.3) is 11.1 Å². The van der Waals surface area contributed by atoms with Gasteiger partial charge in [-0.25, -0.2) is 9.78 Å². The molecule has 3 heterocycles. The van der Waals surface area contributed by atoms with Gasteiger partial charge in [0.1, 0.15) is 23.8 Å². The molecule has 8 heteroatoms. The average Bonchev–Trinajstić information content (AvgIpc) is 3.32. The molecule has 0 aliphatic carbocycles. The summed E-state index contributed by atoms with van der Waals surface area (Å²) in [5.41, 5.74) is 2.12. The fraction of sp³-hybridized carbons (Fsp3) is 0.320. The summed E-state index contributed by atoms with van der Waals surface area (Å²) < 4.78 is 10.7. The van der Waals surface area contributed by atoms with Gasteiger partial charge < -0.3 is 14.5 Å².